The highest BCUT2D eigenvalue weighted by molar-refractivity contribution is 5.55. The number of benzene rings is 1. The lowest BCUT2D eigenvalue weighted by Crippen LogP contribution is -2.02. The Balaban J connectivity index is 2.50. The van der Waals surface area contributed by atoms with Gasteiger partial charge in [0.05, 0.1) is 0 Å². The van der Waals surface area contributed by atoms with Gasteiger partial charge in [-0.05, 0) is 32.4 Å². The number of hydrogen-bond acceptors (Lipinski definition) is 2. The summed E-state index contributed by atoms with van der Waals surface area (Å²) >= 11 is 0. The fourth-order valence-corrected chi connectivity index (χ4v) is 1.56. The van der Waals surface area contributed by atoms with E-state index in [9.17, 15) is 4.39 Å². The number of aryl methyl sites for hydroxylation is 1. The molecule has 0 fully saturated rings. The van der Waals surface area contributed by atoms with Crippen molar-refractivity contribution >= 4 is 0 Å². The highest BCUT2D eigenvalue weighted by Gasteiger charge is 2.10. The number of rotatable bonds is 2. The lowest BCUT2D eigenvalue weighted by atomic mass is 10.1. The van der Waals surface area contributed by atoms with Crippen LogP contribution in [0.1, 0.15) is 25.5 Å². The summed E-state index contributed by atoms with van der Waals surface area (Å²) in [5, 5.41) is 7.89. The highest BCUT2D eigenvalue weighted by atomic mass is 19.1. The van der Waals surface area contributed by atoms with Crippen LogP contribution in [0.2, 0.25) is 0 Å². The zero-order chi connectivity index (χ0) is 11.7. The van der Waals surface area contributed by atoms with E-state index >= 15 is 0 Å². The van der Waals surface area contributed by atoms with Crippen LogP contribution in [0.15, 0.2) is 24.5 Å². The number of nitrogens with zero attached hydrogens (tertiary/aromatic N) is 3. The first-order chi connectivity index (χ1) is 7.59. The van der Waals surface area contributed by atoms with Gasteiger partial charge in [0.15, 0.2) is 5.82 Å². The van der Waals surface area contributed by atoms with Gasteiger partial charge in [0.2, 0.25) is 0 Å². The van der Waals surface area contributed by atoms with Crippen molar-refractivity contribution in [2.45, 2.75) is 26.8 Å². The van der Waals surface area contributed by atoms with Gasteiger partial charge in [0.25, 0.3) is 0 Å². The van der Waals surface area contributed by atoms with E-state index in [0.717, 1.165) is 5.56 Å². The highest BCUT2D eigenvalue weighted by Crippen LogP contribution is 2.21. The maximum Gasteiger partial charge on any atom is 0.164 e. The molecule has 0 saturated heterocycles. The van der Waals surface area contributed by atoms with Gasteiger partial charge in [0.1, 0.15) is 12.1 Å². The molecule has 0 aliphatic rings. The molecule has 0 radical (unpaired) electrons. The van der Waals surface area contributed by atoms with Crippen molar-refractivity contribution in [2.75, 3.05) is 0 Å². The molecule has 0 spiro atoms. The molecule has 0 unspecified atom stereocenters. The standard InChI is InChI=1S/C12H14FN3/c1-8(2)16-7-14-15-12(16)10-5-4-9(3)11(13)6-10/h4-8H,1-3H3. The van der Waals surface area contributed by atoms with Crippen LogP contribution >= 0.6 is 0 Å². The molecule has 1 aromatic heterocycles. The molecule has 16 heavy (non-hydrogen) atoms. The van der Waals surface area contributed by atoms with E-state index in [1.807, 2.05) is 24.5 Å². The lowest BCUT2D eigenvalue weighted by molar-refractivity contribution is 0.601. The molecule has 1 heterocycles. The van der Waals surface area contributed by atoms with Gasteiger partial charge in [-0.25, -0.2) is 4.39 Å². The first-order valence-corrected chi connectivity index (χ1v) is 5.25. The molecule has 0 saturated carbocycles. The zero-order valence-corrected chi connectivity index (χ0v) is 9.61. The molecule has 0 aliphatic heterocycles. The monoisotopic (exact) mass is 219 g/mol. The van der Waals surface area contributed by atoms with E-state index in [-0.39, 0.29) is 11.9 Å². The quantitative estimate of drug-likeness (QED) is 0.777. The summed E-state index contributed by atoms with van der Waals surface area (Å²) in [7, 11) is 0. The third-order valence-corrected chi connectivity index (χ3v) is 2.56. The molecule has 3 nitrogen and oxygen atoms in total. The fraction of sp³-hybridized carbons (Fsp3) is 0.333. The summed E-state index contributed by atoms with van der Waals surface area (Å²) in [6.45, 7) is 5.82. The molecular formula is C12H14FN3. The lowest BCUT2D eigenvalue weighted by Gasteiger charge is -2.10. The van der Waals surface area contributed by atoms with Crippen molar-refractivity contribution in [1.29, 1.82) is 0 Å². The van der Waals surface area contributed by atoms with Crippen molar-refractivity contribution in [3.05, 3.63) is 35.9 Å². The van der Waals surface area contributed by atoms with E-state index in [4.69, 9.17) is 0 Å². The Morgan fingerprint density at radius 3 is 2.69 bits per heavy atom. The molecule has 2 aromatic rings. The Bertz CT molecular complexity index is 503. The van der Waals surface area contributed by atoms with Gasteiger partial charge in [-0.2, -0.15) is 0 Å². The van der Waals surface area contributed by atoms with Crippen LogP contribution in [0.5, 0.6) is 0 Å². The van der Waals surface area contributed by atoms with Gasteiger partial charge >= 0.3 is 0 Å². The van der Waals surface area contributed by atoms with Crippen LogP contribution < -0.4 is 0 Å². The Hall–Kier alpha value is -1.71. The van der Waals surface area contributed by atoms with Crippen molar-refractivity contribution in [1.82, 2.24) is 14.8 Å². The third-order valence-electron chi connectivity index (χ3n) is 2.56. The van der Waals surface area contributed by atoms with Crippen LogP contribution in [0, 0.1) is 12.7 Å². The maximum absolute atomic E-state index is 13.4. The van der Waals surface area contributed by atoms with Crippen molar-refractivity contribution in [2.24, 2.45) is 0 Å². The Labute approximate surface area is 93.9 Å². The van der Waals surface area contributed by atoms with Crippen molar-refractivity contribution in [3.8, 4) is 11.4 Å². The van der Waals surface area contributed by atoms with Crippen LogP contribution in [0.4, 0.5) is 4.39 Å². The summed E-state index contributed by atoms with van der Waals surface area (Å²) in [5.41, 5.74) is 1.40. The minimum atomic E-state index is -0.212. The second kappa shape index (κ2) is 4.04. The smallest absolute Gasteiger partial charge is 0.164 e. The summed E-state index contributed by atoms with van der Waals surface area (Å²) in [5.74, 6) is 0.490. The molecule has 0 bridgehead atoms. The predicted molar refractivity (Wildman–Crippen MR) is 60.5 cm³/mol. The zero-order valence-electron chi connectivity index (χ0n) is 9.61. The summed E-state index contributed by atoms with van der Waals surface area (Å²) in [4.78, 5) is 0. The fourth-order valence-electron chi connectivity index (χ4n) is 1.56. The first kappa shape index (κ1) is 10.8. The molecule has 2 rings (SSSR count). The Kier molecular flexibility index (Phi) is 2.73. The molecule has 1 aromatic carbocycles. The molecule has 0 aliphatic carbocycles. The average Bonchev–Trinajstić information content (AvgIpc) is 2.71. The Morgan fingerprint density at radius 1 is 1.31 bits per heavy atom. The molecule has 0 amide bonds. The largest absolute Gasteiger partial charge is 0.311 e. The molecule has 0 atom stereocenters. The SMILES string of the molecule is Cc1ccc(-c2nncn2C(C)C)cc1F. The topological polar surface area (TPSA) is 30.7 Å². The van der Waals surface area contributed by atoms with E-state index in [2.05, 4.69) is 10.2 Å². The number of aromatic nitrogens is 3. The van der Waals surface area contributed by atoms with Gasteiger partial charge < -0.3 is 4.57 Å². The minimum absolute atomic E-state index is 0.212. The van der Waals surface area contributed by atoms with E-state index in [0.29, 0.717) is 11.4 Å². The molecular weight excluding hydrogens is 205 g/mol. The van der Waals surface area contributed by atoms with Gasteiger partial charge in [-0.3, -0.25) is 0 Å². The predicted octanol–water partition coefficient (Wildman–Crippen LogP) is 2.97. The average molecular weight is 219 g/mol. The minimum Gasteiger partial charge on any atom is -0.311 e. The van der Waals surface area contributed by atoms with Gasteiger partial charge in [-0.1, -0.05) is 12.1 Å². The van der Waals surface area contributed by atoms with Crippen LogP contribution in [-0.2, 0) is 0 Å². The van der Waals surface area contributed by atoms with E-state index < -0.39 is 0 Å². The van der Waals surface area contributed by atoms with Crippen LogP contribution in [-0.4, -0.2) is 14.8 Å². The molecule has 4 heteroatoms. The van der Waals surface area contributed by atoms with Crippen LogP contribution in [0.3, 0.4) is 0 Å². The first-order valence-electron chi connectivity index (χ1n) is 5.25. The van der Waals surface area contributed by atoms with Gasteiger partial charge in [0, 0.05) is 11.6 Å². The van der Waals surface area contributed by atoms with Crippen molar-refractivity contribution < 1.29 is 4.39 Å². The summed E-state index contributed by atoms with van der Waals surface area (Å²) < 4.78 is 15.4. The van der Waals surface area contributed by atoms with Crippen molar-refractivity contribution in [3.63, 3.8) is 0 Å². The normalized spacial score (nSPS) is 11.1. The Morgan fingerprint density at radius 2 is 2.06 bits per heavy atom. The maximum atomic E-state index is 13.4. The van der Waals surface area contributed by atoms with Gasteiger partial charge in [-0.15, -0.1) is 10.2 Å². The molecule has 0 N–H and O–H groups in total. The second-order valence-corrected chi connectivity index (χ2v) is 4.12. The second-order valence-electron chi connectivity index (χ2n) is 4.12. The third kappa shape index (κ3) is 1.83. The van der Waals surface area contributed by atoms with E-state index in [1.54, 1.807) is 19.3 Å². The number of hydrogen-bond donors (Lipinski definition) is 0. The number of halogens is 1. The summed E-state index contributed by atoms with van der Waals surface area (Å²) in [6.07, 6.45) is 1.66. The van der Waals surface area contributed by atoms with Crippen LogP contribution in [0.25, 0.3) is 11.4 Å². The summed E-state index contributed by atoms with van der Waals surface area (Å²) in [6, 6.07) is 5.37. The van der Waals surface area contributed by atoms with E-state index in [1.165, 1.54) is 6.07 Å². The molecule has 84 valence electrons.